The van der Waals surface area contributed by atoms with Crippen LogP contribution in [-0.2, 0) is 20.6 Å². The van der Waals surface area contributed by atoms with Crippen molar-refractivity contribution in [2.24, 2.45) is 0 Å². The van der Waals surface area contributed by atoms with E-state index < -0.39 is 10.0 Å². The molecule has 1 N–H and O–H groups in total. The van der Waals surface area contributed by atoms with Crippen molar-refractivity contribution in [1.29, 1.82) is 0 Å². The van der Waals surface area contributed by atoms with E-state index in [4.69, 9.17) is 0 Å². The lowest BCUT2D eigenvalue weighted by atomic mass is 10.2. The largest absolute Gasteiger partial charge is 0.355 e. The average molecular weight is 435 g/mol. The minimum absolute atomic E-state index is 0.0429. The number of rotatable bonds is 11. The molecule has 0 aliphatic carbocycles. The van der Waals surface area contributed by atoms with Crippen molar-refractivity contribution in [3.05, 3.63) is 65.2 Å². The minimum Gasteiger partial charge on any atom is -0.355 e. The zero-order chi connectivity index (χ0) is 21.3. The van der Waals surface area contributed by atoms with Crippen molar-refractivity contribution in [3.8, 4) is 0 Å². The Hall–Kier alpha value is -1.99. The van der Waals surface area contributed by atoms with Gasteiger partial charge in [0.25, 0.3) is 0 Å². The Morgan fingerprint density at radius 2 is 1.79 bits per heavy atom. The molecule has 0 bridgehead atoms. The molecule has 5 nitrogen and oxygen atoms in total. The summed E-state index contributed by atoms with van der Waals surface area (Å²) < 4.78 is 25.6. The van der Waals surface area contributed by atoms with Crippen LogP contribution in [0.3, 0.4) is 0 Å². The Bertz CT molecular complexity index is 897. The first-order valence-corrected chi connectivity index (χ1v) is 12.7. The SMILES string of the molecule is Cc1ccc(CSCCNC(=O)CCCN(c2cccc(C)c2)S(C)(=O)=O)cc1. The molecule has 7 heteroatoms. The molecule has 2 rings (SSSR count). The average Bonchev–Trinajstić information content (AvgIpc) is 2.65. The molecule has 0 unspecified atom stereocenters. The topological polar surface area (TPSA) is 66.5 Å². The van der Waals surface area contributed by atoms with Crippen molar-refractivity contribution in [1.82, 2.24) is 5.32 Å². The van der Waals surface area contributed by atoms with Crippen LogP contribution in [0.2, 0.25) is 0 Å². The van der Waals surface area contributed by atoms with Crippen LogP contribution < -0.4 is 9.62 Å². The molecule has 0 atom stereocenters. The van der Waals surface area contributed by atoms with Crippen molar-refractivity contribution in [2.75, 3.05) is 29.4 Å². The van der Waals surface area contributed by atoms with Gasteiger partial charge in [-0.25, -0.2) is 8.42 Å². The molecule has 0 fully saturated rings. The standard InChI is InChI=1S/C22H30N2O3S2/c1-18-9-11-20(12-10-18)17-28-15-13-23-22(25)8-5-14-24(29(3,26)27)21-7-4-6-19(2)16-21/h4,6-7,9-12,16H,5,8,13-15,17H2,1-3H3,(H,23,25). The molecule has 0 saturated heterocycles. The van der Waals surface area contributed by atoms with Crippen molar-refractivity contribution >= 4 is 33.4 Å². The first-order valence-electron chi connectivity index (χ1n) is 9.70. The second kappa shape index (κ2) is 11.3. The van der Waals surface area contributed by atoms with Crippen LogP contribution in [0.4, 0.5) is 5.69 Å². The fourth-order valence-corrected chi connectivity index (χ4v) is 4.65. The summed E-state index contributed by atoms with van der Waals surface area (Å²) in [6.45, 7) is 4.90. The molecule has 0 saturated carbocycles. The van der Waals surface area contributed by atoms with Crippen LogP contribution >= 0.6 is 11.8 Å². The van der Waals surface area contributed by atoms with Gasteiger partial charge in [-0.15, -0.1) is 0 Å². The predicted molar refractivity (Wildman–Crippen MR) is 123 cm³/mol. The van der Waals surface area contributed by atoms with Crippen molar-refractivity contribution in [2.45, 2.75) is 32.4 Å². The third kappa shape index (κ3) is 8.50. The lowest BCUT2D eigenvalue weighted by molar-refractivity contribution is -0.121. The lowest BCUT2D eigenvalue weighted by Gasteiger charge is -2.22. The number of thioether (sulfide) groups is 1. The number of benzene rings is 2. The van der Waals surface area contributed by atoms with Crippen LogP contribution in [-0.4, -0.2) is 39.4 Å². The van der Waals surface area contributed by atoms with Crippen LogP contribution in [0.15, 0.2) is 48.5 Å². The second-order valence-corrected chi connectivity index (χ2v) is 10.2. The molecule has 158 valence electrons. The van der Waals surface area contributed by atoms with E-state index in [-0.39, 0.29) is 12.5 Å². The molecule has 0 radical (unpaired) electrons. The third-order valence-electron chi connectivity index (χ3n) is 4.41. The van der Waals surface area contributed by atoms with Gasteiger partial charge in [0.05, 0.1) is 11.9 Å². The van der Waals surface area contributed by atoms with Gasteiger partial charge in [0.2, 0.25) is 15.9 Å². The van der Waals surface area contributed by atoms with E-state index in [9.17, 15) is 13.2 Å². The molecule has 0 aliphatic rings. The number of carbonyl (C=O) groups is 1. The molecular formula is C22H30N2O3S2. The van der Waals surface area contributed by atoms with E-state index in [1.165, 1.54) is 21.7 Å². The Kier molecular flexibility index (Phi) is 9.04. The fourth-order valence-electron chi connectivity index (χ4n) is 2.88. The maximum Gasteiger partial charge on any atom is 0.232 e. The number of aryl methyl sites for hydroxylation is 2. The Morgan fingerprint density at radius 3 is 2.45 bits per heavy atom. The van der Waals surface area contributed by atoms with E-state index in [0.717, 1.165) is 17.1 Å². The molecule has 2 aromatic carbocycles. The van der Waals surface area contributed by atoms with Gasteiger partial charge >= 0.3 is 0 Å². The van der Waals surface area contributed by atoms with Gasteiger partial charge in [0.1, 0.15) is 0 Å². The number of nitrogens with zero attached hydrogens (tertiary/aromatic N) is 1. The molecule has 0 heterocycles. The summed E-state index contributed by atoms with van der Waals surface area (Å²) in [7, 11) is -3.39. The van der Waals surface area contributed by atoms with Gasteiger partial charge in [-0.05, 0) is 43.5 Å². The molecule has 0 aliphatic heterocycles. The molecule has 0 aromatic heterocycles. The summed E-state index contributed by atoms with van der Waals surface area (Å²) in [6, 6.07) is 15.8. The number of sulfonamides is 1. The number of amides is 1. The van der Waals surface area contributed by atoms with Crippen LogP contribution in [0, 0.1) is 13.8 Å². The van der Waals surface area contributed by atoms with Crippen LogP contribution in [0.1, 0.15) is 29.5 Å². The van der Waals surface area contributed by atoms with Crippen LogP contribution in [0.25, 0.3) is 0 Å². The molecule has 0 spiro atoms. The summed E-state index contributed by atoms with van der Waals surface area (Å²) in [4.78, 5) is 12.0. The molecule has 2 aromatic rings. The van der Waals surface area contributed by atoms with E-state index in [1.807, 2.05) is 25.1 Å². The highest BCUT2D eigenvalue weighted by Gasteiger charge is 2.17. The highest BCUT2D eigenvalue weighted by molar-refractivity contribution is 7.98. The minimum atomic E-state index is -3.39. The van der Waals surface area contributed by atoms with Gasteiger partial charge in [0.15, 0.2) is 0 Å². The fraction of sp³-hybridized carbons (Fsp3) is 0.409. The van der Waals surface area contributed by atoms with E-state index in [0.29, 0.717) is 25.1 Å². The predicted octanol–water partition coefficient (Wildman–Crippen LogP) is 3.90. The summed E-state index contributed by atoms with van der Waals surface area (Å²) in [5.74, 6) is 1.73. The third-order valence-corrected chi connectivity index (χ3v) is 6.64. The quantitative estimate of drug-likeness (QED) is 0.545. The van der Waals surface area contributed by atoms with Crippen LogP contribution in [0.5, 0.6) is 0 Å². The molecular weight excluding hydrogens is 404 g/mol. The monoisotopic (exact) mass is 434 g/mol. The maximum atomic E-state index is 12.1. The lowest BCUT2D eigenvalue weighted by Crippen LogP contribution is -2.32. The van der Waals surface area contributed by atoms with E-state index in [1.54, 1.807) is 17.8 Å². The Morgan fingerprint density at radius 1 is 1.07 bits per heavy atom. The normalized spacial score (nSPS) is 11.3. The van der Waals surface area contributed by atoms with E-state index in [2.05, 4.69) is 36.5 Å². The summed E-state index contributed by atoms with van der Waals surface area (Å²) >= 11 is 1.78. The maximum absolute atomic E-state index is 12.1. The van der Waals surface area contributed by atoms with Crippen molar-refractivity contribution in [3.63, 3.8) is 0 Å². The number of carbonyl (C=O) groups excluding carboxylic acids is 1. The number of nitrogens with one attached hydrogen (secondary N) is 1. The molecule has 1 amide bonds. The van der Waals surface area contributed by atoms with Crippen molar-refractivity contribution < 1.29 is 13.2 Å². The first-order chi connectivity index (χ1) is 13.8. The van der Waals surface area contributed by atoms with Gasteiger partial charge in [-0.1, -0.05) is 42.0 Å². The highest BCUT2D eigenvalue weighted by atomic mass is 32.2. The zero-order valence-corrected chi connectivity index (χ0v) is 19.0. The summed E-state index contributed by atoms with van der Waals surface area (Å²) in [5.41, 5.74) is 4.17. The smallest absolute Gasteiger partial charge is 0.232 e. The van der Waals surface area contributed by atoms with E-state index >= 15 is 0 Å². The van der Waals surface area contributed by atoms with Gasteiger partial charge in [-0.2, -0.15) is 11.8 Å². The number of hydrogen-bond donors (Lipinski definition) is 1. The zero-order valence-electron chi connectivity index (χ0n) is 17.3. The number of anilines is 1. The Balaban J connectivity index is 1.69. The first kappa shape index (κ1) is 23.3. The Labute approximate surface area is 178 Å². The summed E-state index contributed by atoms with van der Waals surface area (Å²) in [6.07, 6.45) is 1.98. The van der Waals surface area contributed by atoms with Gasteiger partial charge in [-0.3, -0.25) is 9.10 Å². The van der Waals surface area contributed by atoms with Gasteiger partial charge < -0.3 is 5.32 Å². The molecule has 29 heavy (non-hydrogen) atoms. The van der Waals surface area contributed by atoms with Gasteiger partial charge in [0, 0.05) is 31.0 Å². The number of hydrogen-bond acceptors (Lipinski definition) is 4. The highest BCUT2D eigenvalue weighted by Crippen LogP contribution is 2.19. The summed E-state index contributed by atoms with van der Waals surface area (Å²) in [5, 5.41) is 2.91. The second-order valence-electron chi connectivity index (χ2n) is 7.17.